The summed E-state index contributed by atoms with van der Waals surface area (Å²) in [6.45, 7) is 5.79. The van der Waals surface area contributed by atoms with Gasteiger partial charge in [0.25, 0.3) is 0 Å². The number of ether oxygens (including phenoxy) is 1. The van der Waals surface area contributed by atoms with Crippen LogP contribution in [0.1, 0.15) is 25.8 Å². The topological polar surface area (TPSA) is 21.3 Å². The molecule has 0 amide bonds. The van der Waals surface area contributed by atoms with Gasteiger partial charge >= 0.3 is 0 Å². The summed E-state index contributed by atoms with van der Waals surface area (Å²) in [5.74, 6) is 0.665. The Bertz CT molecular complexity index is 328. The normalized spacial score (nSPS) is 12.5. The van der Waals surface area contributed by atoms with E-state index in [0.29, 0.717) is 23.8 Å². The lowest BCUT2D eigenvalue weighted by Gasteiger charge is -2.11. The van der Waals surface area contributed by atoms with Crippen molar-refractivity contribution in [3.05, 3.63) is 29.6 Å². The van der Waals surface area contributed by atoms with Crippen molar-refractivity contribution in [1.29, 1.82) is 0 Å². The van der Waals surface area contributed by atoms with E-state index in [1.54, 1.807) is 12.1 Å². The van der Waals surface area contributed by atoms with Crippen LogP contribution in [-0.4, -0.2) is 13.7 Å². The summed E-state index contributed by atoms with van der Waals surface area (Å²) in [5, 5.41) is 3.25. The van der Waals surface area contributed by atoms with Gasteiger partial charge in [0.2, 0.25) is 0 Å². The van der Waals surface area contributed by atoms with Gasteiger partial charge in [0.1, 0.15) is 0 Å². The van der Waals surface area contributed by atoms with Gasteiger partial charge in [0.05, 0.1) is 7.11 Å². The smallest absolute Gasteiger partial charge is 0.169 e. The van der Waals surface area contributed by atoms with Crippen molar-refractivity contribution < 1.29 is 9.13 Å². The van der Waals surface area contributed by atoms with E-state index in [0.717, 1.165) is 13.0 Å². The van der Waals surface area contributed by atoms with E-state index in [2.05, 4.69) is 19.2 Å². The highest BCUT2D eigenvalue weighted by Gasteiger charge is 2.07. The van der Waals surface area contributed by atoms with Crippen molar-refractivity contribution in [3.8, 4) is 5.75 Å². The minimum atomic E-state index is -0.262. The summed E-state index contributed by atoms with van der Waals surface area (Å²) >= 11 is 0. The second kappa shape index (κ2) is 6.48. The van der Waals surface area contributed by atoms with Gasteiger partial charge in [0, 0.05) is 12.1 Å². The maximum Gasteiger partial charge on any atom is 0.169 e. The lowest BCUT2D eigenvalue weighted by molar-refractivity contribution is 0.382. The molecular weight excluding hydrogens is 205 g/mol. The van der Waals surface area contributed by atoms with E-state index in [4.69, 9.17) is 4.74 Å². The van der Waals surface area contributed by atoms with E-state index in [9.17, 15) is 4.39 Å². The summed E-state index contributed by atoms with van der Waals surface area (Å²) in [6.07, 6.45) is 1.13. The molecule has 90 valence electrons. The SMILES string of the molecule is CCC(C)CNCc1cccc(OC)c1F. The third-order valence-corrected chi connectivity index (χ3v) is 2.77. The zero-order chi connectivity index (χ0) is 12.0. The van der Waals surface area contributed by atoms with Crippen LogP contribution < -0.4 is 10.1 Å². The maximum atomic E-state index is 13.7. The Morgan fingerprint density at radius 2 is 2.19 bits per heavy atom. The molecule has 0 bridgehead atoms. The van der Waals surface area contributed by atoms with Gasteiger partial charge in [-0.2, -0.15) is 0 Å². The zero-order valence-corrected chi connectivity index (χ0v) is 10.2. The van der Waals surface area contributed by atoms with Crippen LogP contribution in [0, 0.1) is 11.7 Å². The fourth-order valence-electron chi connectivity index (χ4n) is 1.45. The predicted molar refractivity (Wildman–Crippen MR) is 64.1 cm³/mol. The molecule has 1 aromatic carbocycles. The Kier molecular flexibility index (Phi) is 5.26. The maximum absolute atomic E-state index is 13.7. The van der Waals surface area contributed by atoms with Gasteiger partial charge in [-0.3, -0.25) is 0 Å². The first-order valence-corrected chi connectivity index (χ1v) is 5.71. The number of methoxy groups -OCH3 is 1. The van der Waals surface area contributed by atoms with Gasteiger partial charge in [0.15, 0.2) is 11.6 Å². The Balaban J connectivity index is 2.54. The number of hydrogen-bond donors (Lipinski definition) is 1. The quantitative estimate of drug-likeness (QED) is 0.803. The van der Waals surface area contributed by atoms with Crippen molar-refractivity contribution in [2.75, 3.05) is 13.7 Å². The third kappa shape index (κ3) is 3.49. The number of hydrogen-bond acceptors (Lipinski definition) is 2. The van der Waals surface area contributed by atoms with Crippen LogP contribution in [-0.2, 0) is 6.54 Å². The molecule has 0 saturated heterocycles. The molecule has 0 fully saturated rings. The van der Waals surface area contributed by atoms with Crippen LogP contribution in [0.25, 0.3) is 0 Å². The molecule has 0 aliphatic rings. The van der Waals surface area contributed by atoms with Gasteiger partial charge < -0.3 is 10.1 Å². The van der Waals surface area contributed by atoms with E-state index in [-0.39, 0.29) is 5.82 Å². The van der Waals surface area contributed by atoms with Gasteiger partial charge in [-0.25, -0.2) is 4.39 Å². The second-order valence-corrected chi connectivity index (χ2v) is 4.08. The lowest BCUT2D eigenvalue weighted by atomic mass is 10.1. The molecular formula is C13H20FNO. The summed E-state index contributed by atoms with van der Waals surface area (Å²) in [7, 11) is 1.48. The summed E-state index contributed by atoms with van der Waals surface area (Å²) in [5.41, 5.74) is 0.655. The summed E-state index contributed by atoms with van der Waals surface area (Å²) in [6, 6.07) is 5.22. The fourth-order valence-corrected chi connectivity index (χ4v) is 1.45. The molecule has 16 heavy (non-hydrogen) atoms. The molecule has 0 aliphatic carbocycles. The van der Waals surface area contributed by atoms with Crippen molar-refractivity contribution >= 4 is 0 Å². The van der Waals surface area contributed by atoms with Gasteiger partial charge in [-0.15, -0.1) is 0 Å². The van der Waals surface area contributed by atoms with Crippen LogP contribution >= 0.6 is 0 Å². The monoisotopic (exact) mass is 225 g/mol. The van der Waals surface area contributed by atoms with Crippen LogP contribution in [0.5, 0.6) is 5.75 Å². The standard InChI is InChI=1S/C13H20FNO/c1-4-10(2)8-15-9-11-6-5-7-12(16-3)13(11)14/h5-7,10,15H,4,8-9H2,1-3H3. The number of rotatable bonds is 6. The molecule has 1 rings (SSSR count). The zero-order valence-electron chi connectivity index (χ0n) is 10.2. The van der Waals surface area contributed by atoms with Crippen LogP contribution in [0.3, 0.4) is 0 Å². The summed E-state index contributed by atoms with van der Waals surface area (Å²) in [4.78, 5) is 0. The third-order valence-electron chi connectivity index (χ3n) is 2.77. The fraction of sp³-hybridized carbons (Fsp3) is 0.538. The molecule has 0 aliphatic heterocycles. The Morgan fingerprint density at radius 1 is 1.44 bits per heavy atom. The van der Waals surface area contributed by atoms with Crippen molar-refractivity contribution in [1.82, 2.24) is 5.32 Å². The van der Waals surface area contributed by atoms with E-state index >= 15 is 0 Å². The minimum absolute atomic E-state index is 0.262. The Morgan fingerprint density at radius 3 is 2.81 bits per heavy atom. The lowest BCUT2D eigenvalue weighted by Crippen LogP contribution is -2.20. The second-order valence-electron chi connectivity index (χ2n) is 4.08. The molecule has 2 nitrogen and oxygen atoms in total. The molecule has 0 radical (unpaired) electrons. The highest BCUT2D eigenvalue weighted by molar-refractivity contribution is 5.30. The average molecular weight is 225 g/mol. The number of benzene rings is 1. The molecule has 0 spiro atoms. The van der Waals surface area contributed by atoms with E-state index < -0.39 is 0 Å². The summed E-state index contributed by atoms with van der Waals surface area (Å²) < 4.78 is 18.6. The molecule has 0 heterocycles. The van der Waals surface area contributed by atoms with Crippen molar-refractivity contribution in [2.24, 2.45) is 5.92 Å². The van der Waals surface area contributed by atoms with Crippen LogP contribution in [0.4, 0.5) is 4.39 Å². The van der Waals surface area contributed by atoms with Crippen LogP contribution in [0.15, 0.2) is 18.2 Å². The molecule has 0 aromatic heterocycles. The predicted octanol–water partition coefficient (Wildman–Crippen LogP) is 2.97. The largest absolute Gasteiger partial charge is 0.494 e. The highest BCUT2D eigenvalue weighted by atomic mass is 19.1. The first kappa shape index (κ1) is 13.0. The van der Waals surface area contributed by atoms with E-state index in [1.165, 1.54) is 7.11 Å². The Hall–Kier alpha value is -1.09. The number of nitrogens with one attached hydrogen (secondary N) is 1. The molecule has 1 unspecified atom stereocenters. The van der Waals surface area contributed by atoms with Crippen molar-refractivity contribution in [2.45, 2.75) is 26.8 Å². The molecule has 0 saturated carbocycles. The average Bonchev–Trinajstić information content (AvgIpc) is 2.31. The van der Waals surface area contributed by atoms with Crippen molar-refractivity contribution in [3.63, 3.8) is 0 Å². The first-order chi connectivity index (χ1) is 7.69. The molecule has 1 aromatic rings. The molecule has 3 heteroatoms. The molecule has 1 N–H and O–H groups in total. The molecule has 1 atom stereocenters. The van der Waals surface area contributed by atoms with E-state index in [1.807, 2.05) is 6.07 Å². The Labute approximate surface area is 96.8 Å². The first-order valence-electron chi connectivity index (χ1n) is 5.71. The van der Waals surface area contributed by atoms with Gasteiger partial charge in [-0.05, 0) is 18.5 Å². The number of halogens is 1. The van der Waals surface area contributed by atoms with Crippen LogP contribution in [0.2, 0.25) is 0 Å². The minimum Gasteiger partial charge on any atom is -0.494 e. The van der Waals surface area contributed by atoms with Gasteiger partial charge in [-0.1, -0.05) is 32.4 Å². The highest BCUT2D eigenvalue weighted by Crippen LogP contribution is 2.19.